The molecule has 0 aliphatic heterocycles. The highest BCUT2D eigenvalue weighted by Crippen LogP contribution is 2.33. The maximum absolute atomic E-state index is 12.2. The molecule has 0 spiro atoms. The summed E-state index contributed by atoms with van der Waals surface area (Å²) in [6.45, 7) is 2.91. The first-order valence-corrected chi connectivity index (χ1v) is 8.41. The predicted molar refractivity (Wildman–Crippen MR) is 74.3 cm³/mol. The Labute approximate surface area is 120 Å². The number of hydrogen-bond acceptors (Lipinski definition) is 5. The zero-order chi connectivity index (χ0) is 13.8. The summed E-state index contributed by atoms with van der Waals surface area (Å²) in [6.07, 6.45) is 0. The average Bonchev–Trinajstić information content (AvgIpc) is 2.71. The lowest BCUT2D eigenvalue weighted by Gasteiger charge is -2.16. The Balaban J connectivity index is 2.87. The minimum Gasteiger partial charge on any atom is -0.391 e. The zero-order valence-electron chi connectivity index (χ0n) is 10.2. The SMILES string of the molecule is CCOCCN(C)S(=O)(=O)c1cc(CO)sc1Br. The van der Waals surface area contributed by atoms with E-state index in [4.69, 9.17) is 9.84 Å². The van der Waals surface area contributed by atoms with Crippen LogP contribution in [0.3, 0.4) is 0 Å². The number of rotatable bonds is 7. The Hall–Kier alpha value is 0.01000. The van der Waals surface area contributed by atoms with Gasteiger partial charge in [-0.05, 0) is 28.9 Å². The maximum Gasteiger partial charge on any atom is 0.244 e. The largest absolute Gasteiger partial charge is 0.391 e. The van der Waals surface area contributed by atoms with Gasteiger partial charge in [0.05, 0.1) is 17.0 Å². The van der Waals surface area contributed by atoms with E-state index in [1.165, 1.54) is 28.8 Å². The molecule has 0 aromatic carbocycles. The van der Waals surface area contributed by atoms with Crippen LogP contribution in [0.15, 0.2) is 14.7 Å². The van der Waals surface area contributed by atoms with Crippen molar-refractivity contribution in [3.05, 3.63) is 14.7 Å². The van der Waals surface area contributed by atoms with Gasteiger partial charge in [-0.1, -0.05) is 0 Å². The summed E-state index contributed by atoms with van der Waals surface area (Å²) in [5, 5.41) is 9.01. The molecule has 0 saturated heterocycles. The molecule has 1 rings (SSSR count). The first-order valence-electron chi connectivity index (χ1n) is 5.36. The minimum absolute atomic E-state index is 0.165. The van der Waals surface area contributed by atoms with Gasteiger partial charge in [0.2, 0.25) is 10.0 Å². The summed E-state index contributed by atoms with van der Waals surface area (Å²) in [5.74, 6) is 0. The molecule has 8 heteroatoms. The number of thiophene rings is 1. The third-order valence-electron chi connectivity index (χ3n) is 2.31. The molecule has 18 heavy (non-hydrogen) atoms. The fourth-order valence-corrected chi connectivity index (χ4v) is 4.92. The van der Waals surface area contributed by atoms with Crippen LogP contribution in [0.5, 0.6) is 0 Å². The van der Waals surface area contributed by atoms with Crippen molar-refractivity contribution in [3.63, 3.8) is 0 Å². The summed E-state index contributed by atoms with van der Waals surface area (Å²) in [6, 6.07) is 1.49. The molecule has 1 aromatic rings. The molecular formula is C10H16BrNO4S2. The topological polar surface area (TPSA) is 66.8 Å². The van der Waals surface area contributed by atoms with Crippen molar-refractivity contribution < 1.29 is 18.3 Å². The van der Waals surface area contributed by atoms with E-state index >= 15 is 0 Å². The summed E-state index contributed by atoms with van der Waals surface area (Å²) >= 11 is 4.43. The number of halogens is 1. The third-order valence-corrected chi connectivity index (χ3v) is 6.40. The molecule has 1 heterocycles. The number of aliphatic hydroxyl groups is 1. The van der Waals surface area contributed by atoms with Crippen LogP contribution in [0, 0.1) is 0 Å². The molecule has 0 aliphatic rings. The van der Waals surface area contributed by atoms with E-state index in [1.54, 1.807) is 0 Å². The van der Waals surface area contributed by atoms with Crippen LogP contribution < -0.4 is 0 Å². The van der Waals surface area contributed by atoms with Gasteiger partial charge in [-0.25, -0.2) is 8.42 Å². The highest BCUT2D eigenvalue weighted by molar-refractivity contribution is 9.11. The van der Waals surface area contributed by atoms with E-state index in [0.29, 0.717) is 28.4 Å². The van der Waals surface area contributed by atoms with Crippen molar-refractivity contribution in [2.45, 2.75) is 18.4 Å². The summed E-state index contributed by atoms with van der Waals surface area (Å²) in [5.41, 5.74) is 0. The first-order chi connectivity index (χ1) is 8.43. The van der Waals surface area contributed by atoms with Crippen molar-refractivity contribution in [2.75, 3.05) is 26.8 Å². The van der Waals surface area contributed by atoms with Gasteiger partial charge in [0.15, 0.2) is 0 Å². The van der Waals surface area contributed by atoms with Crippen molar-refractivity contribution in [3.8, 4) is 0 Å². The van der Waals surface area contributed by atoms with Gasteiger partial charge < -0.3 is 9.84 Å². The van der Waals surface area contributed by atoms with Crippen molar-refractivity contribution in [1.29, 1.82) is 0 Å². The molecule has 0 amide bonds. The molecule has 5 nitrogen and oxygen atoms in total. The second-order valence-electron chi connectivity index (χ2n) is 3.53. The molecule has 1 aromatic heterocycles. The summed E-state index contributed by atoms with van der Waals surface area (Å²) < 4.78 is 31.4. The van der Waals surface area contributed by atoms with Crippen LogP contribution in [0.1, 0.15) is 11.8 Å². The summed E-state index contributed by atoms with van der Waals surface area (Å²) in [4.78, 5) is 0.800. The number of sulfonamides is 1. The molecule has 1 N–H and O–H groups in total. The van der Waals surface area contributed by atoms with Crippen molar-refractivity contribution >= 4 is 37.3 Å². The van der Waals surface area contributed by atoms with E-state index in [0.717, 1.165) is 0 Å². The van der Waals surface area contributed by atoms with Gasteiger partial charge >= 0.3 is 0 Å². The molecule has 0 fully saturated rings. The lowest BCUT2D eigenvalue weighted by Crippen LogP contribution is -2.30. The van der Waals surface area contributed by atoms with Crippen molar-refractivity contribution in [1.82, 2.24) is 4.31 Å². The number of likely N-dealkylation sites (N-methyl/N-ethyl adjacent to an activating group) is 1. The van der Waals surface area contributed by atoms with Gasteiger partial charge in [0.25, 0.3) is 0 Å². The highest BCUT2D eigenvalue weighted by Gasteiger charge is 2.25. The van der Waals surface area contributed by atoms with E-state index < -0.39 is 10.0 Å². The maximum atomic E-state index is 12.2. The third kappa shape index (κ3) is 3.75. The lowest BCUT2D eigenvalue weighted by molar-refractivity contribution is 0.138. The molecule has 0 radical (unpaired) electrons. The molecule has 104 valence electrons. The smallest absolute Gasteiger partial charge is 0.244 e. The highest BCUT2D eigenvalue weighted by atomic mass is 79.9. The fourth-order valence-electron chi connectivity index (χ4n) is 1.28. The Kier molecular flexibility index (Phi) is 6.22. The van der Waals surface area contributed by atoms with E-state index in [2.05, 4.69) is 15.9 Å². The normalized spacial score (nSPS) is 12.3. The molecule has 0 unspecified atom stereocenters. The Morgan fingerprint density at radius 1 is 1.56 bits per heavy atom. The fraction of sp³-hybridized carbons (Fsp3) is 0.600. The van der Waals surface area contributed by atoms with Crippen LogP contribution in [-0.2, 0) is 21.4 Å². The Bertz CT molecular complexity index is 486. The molecule has 0 saturated carbocycles. The van der Waals surface area contributed by atoms with Gasteiger partial charge in [-0.2, -0.15) is 4.31 Å². The monoisotopic (exact) mass is 357 g/mol. The quantitative estimate of drug-likeness (QED) is 0.753. The molecule has 0 bridgehead atoms. The van der Waals surface area contributed by atoms with Crippen molar-refractivity contribution in [2.24, 2.45) is 0 Å². The number of hydrogen-bond donors (Lipinski definition) is 1. The number of aliphatic hydroxyl groups excluding tert-OH is 1. The minimum atomic E-state index is -3.53. The lowest BCUT2D eigenvalue weighted by atomic mass is 10.5. The Morgan fingerprint density at radius 3 is 2.72 bits per heavy atom. The molecular weight excluding hydrogens is 342 g/mol. The summed E-state index contributed by atoms with van der Waals surface area (Å²) in [7, 11) is -2.02. The van der Waals surface area contributed by atoms with Crippen LogP contribution in [0.2, 0.25) is 0 Å². The second-order valence-corrected chi connectivity index (χ2v) is 8.00. The van der Waals surface area contributed by atoms with Crippen LogP contribution in [-0.4, -0.2) is 44.6 Å². The van der Waals surface area contributed by atoms with Crippen LogP contribution in [0.25, 0.3) is 0 Å². The van der Waals surface area contributed by atoms with Gasteiger partial charge in [0.1, 0.15) is 4.90 Å². The standard InChI is InChI=1S/C10H16BrNO4S2/c1-3-16-5-4-12(2)18(14,15)9-6-8(7-13)17-10(9)11/h6,13H,3-5,7H2,1-2H3. The van der Waals surface area contributed by atoms with E-state index in [-0.39, 0.29) is 11.5 Å². The van der Waals surface area contributed by atoms with Gasteiger partial charge in [-0.15, -0.1) is 11.3 Å². The average molecular weight is 358 g/mol. The number of nitrogens with zero attached hydrogens (tertiary/aromatic N) is 1. The number of ether oxygens (including phenoxy) is 1. The van der Waals surface area contributed by atoms with Crippen LogP contribution in [0.4, 0.5) is 0 Å². The van der Waals surface area contributed by atoms with E-state index in [1.807, 2.05) is 6.92 Å². The van der Waals surface area contributed by atoms with Gasteiger partial charge in [0, 0.05) is 25.1 Å². The molecule has 0 atom stereocenters. The van der Waals surface area contributed by atoms with E-state index in [9.17, 15) is 8.42 Å². The first kappa shape index (κ1) is 16.1. The second kappa shape index (κ2) is 6.97. The zero-order valence-corrected chi connectivity index (χ0v) is 13.4. The Morgan fingerprint density at radius 2 is 2.22 bits per heavy atom. The molecule has 0 aliphatic carbocycles. The predicted octanol–water partition coefficient (Wildman–Crippen LogP) is 1.66. The van der Waals surface area contributed by atoms with Gasteiger partial charge in [-0.3, -0.25) is 0 Å². The van der Waals surface area contributed by atoms with Crippen LogP contribution >= 0.6 is 27.3 Å².